The number of likely N-dealkylation sites (N-methyl/N-ethyl adjacent to an activating group) is 1. The average molecular weight is 750 g/mol. The van der Waals surface area contributed by atoms with Crippen molar-refractivity contribution in [2.75, 3.05) is 41.0 Å². The summed E-state index contributed by atoms with van der Waals surface area (Å²) >= 11 is 0. The summed E-state index contributed by atoms with van der Waals surface area (Å²) in [5, 5.41) is 11.6. The second kappa shape index (κ2) is 36.0. The molecule has 0 aromatic heterocycles. The Morgan fingerprint density at radius 2 is 0.981 bits per heavy atom. The zero-order valence-corrected chi connectivity index (χ0v) is 34.1. The molecule has 0 aromatic rings. The van der Waals surface area contributed by atoms with E-state index in [0.29, 0.717) is 12.8 Å². The number of carbonyl (C=O) groups is 3. The molecular weight excluding hydrogens is 679 g/mol. The summed E-state index contributed by atoms with van der Waals surface area (Å²) in [7, 11) is 5.34. The third-order valence-corrected chi connectivity index (χ3v) is 7.92. The van der Waals surface area contributed by atoms with Crippen molar-refractivity contribution in [2.45, 2.75) is 122 Å². The lowest BCUT2D eigenvalue weighted by molar-refractivity contribution is -0.889. The Hall–Kier alpha value is -4.01. The van der Waals surface area contributed by atoms with E-state index < -0.39 is 24.1 Å². The number of carboxylic acids is 1. The molecule has 0 aliphatic heterocycles. The summed E-state index contributed by atoms with van der Waals surface area (Å²) in [6, 6.07) is -0.748. The van der Waals surface area contributed by atoms with Crippen molar-refractivity contribution in [3.05, 3.63) is 109 Å². The molecule has 0 N–H and O–H groups in total. The van der Waals surface area contributed by atoms with Crippen LogP contribution in [-0.2, 0) is 28.6 Å². The van der Waals surface area contributed by atoms with Crippen LogP contribution in [0, 0.1) is 0 Å². The zero-order chi connectivity index (χ0) is 40.0. The molecule has 8 nitrogen and oxygen atoms in total. The van der Waals surface area contributed by atoms with Crippen LogP contribution in [0.1, 0.15) is 110 Å². The molecule has 0 aliphatic rings. The van der Waals surface area contributed by atoms with Gasteiger partial charge in [-0.3, -0.25) is 9.59 Å². The normalized spacial score (nSPS) is 14.2. The summed E-state index contributed by atoms with van der Waals surface area (Å²) < 4.78 is 16.9. The Balaban J connectivity index is 4.40. The fourth-order valence-electron chi connectivity index (χ4n) is 4.88. The van der Waals surface area contributed by atoms with E-state index in [4.69, 9.17) is 14.2 Å². The summed E-state index contributed by atoms with van der Waals surface area (Å²) in [6.07, 6.45) is 48.9. The molecule has 0 amide bonds. The van der Waals surface area contributed by atoms with Crippen LogP contribution < -0.4 is 5.11 Å². The molecule has 0 saturated heterocycles. The second-order valence-electron chi connectivity index (χ2n) is 13.7. The minimum Gasteiger partial charge on any atom is -0.544 e. The van der Waals surface area contributed by atoms with E-state index in [-0.39, 0.29) is 49.5 Å². The van der Waals surface area contributed by atoms with Crippen molar-refractivity contribution in [3.8, 4) is 0 Å². The van der Waals surface area contributed by atoms with Crippen molar-refractivity contribution < 1.29 is 38.2 Å². The first-order chi connectivity index (χ1) is 26.1. The largest absolute Gasteiger partial charge is 0.544 e. The predicted molar refractivity (Wildman–Crippen MR) is 221 cm³/mol. The molecule has 0 aromatic carbocycles. The van der Waals surface area contributed by atoms with Crippen LogP contribution in [0.4, 0.5) is 0 Å². The van der Waals surface area contributed by atoms with Gasteiger partial charge in [-0.1, -0.05) is 123 Å². The van der Waals surface area contributed by atoms with Crippen LogP contribution in [0.25, 0.3) is 0 Å². The Morgan fingerprint density at radius 1 is 0.556 bits per heavy atom. The number of nitrogens with zero attached hydrogens (tertiary/aromatic N) is 1. The lowest BCUT2D eigenvalue weighted by atomic mass is 10.1. The molecule has 0 heterocycles. The number of carbonyl (C=O) groups excluding carboxylic acids is 3. The average Bonchev–Trinajstić information content (AvgIpc) is 3.12. The fourth-order valence-corrected chi connectivity index (χ4v) is 4.88. The van der Waals surface area contributed by atoms with Crippen LogP contribution in [0.2, 0.25) is 0 Å². The molecule has 2 atom stereocenters. The smallest absolute Gasteiger partial charge is 0.306 e. The molecule has 54 heavy (non-hydrogen) atoms. The van der Waals surface area contributed by atoms with Gasteiger partial charge in [-0.05, 0) is 77.0 Å². The standard InChI is InChI=1S/C46H71NO7/c1-6-8-10-12-14-15-16-17-18-19-20-21-22-23-24-25-26-27-28-29-31-32-34-36-44(48)53-41-42(40-52-39-38-43(46(50)51)47(3,4)5)54-45(49)37-35-33-30-13-11-9-7-2/h8-11,14-15,17-18,20-21,23-24,26-27,29-31,33,42-43H,6-7,12-13,16,19,22,25,28,32,34-41H2,1-5H3/b10-8+,11-9+,15-14+,18-17+,21-20+,24-23+,27-26+,31-29+,33-30+. The van der Waals surface area contributed by atoms with Crippen LogP contribution in [0.15, 0.2) is 109 Å². The number of rotatable bonds is 33. The Bertz CT molecular complexity index is 1240. The highest BCUT2D eigenvalue weighted by Gasteiger charge is 2.25. The van der Waals surface area contributed by atoms with Gasteiger partial charge in [-0.2, -0.15) is 0 Å². The lowest BCUT2D eigenvalue weighted by Crippen LogP contribution is -2.55. The van der Waals surface area contributed by atoms with Gasteiger partial charge < -0.3 is 28.6 Å². The van der Waals surface area contributed by atoms with Crippen LogP contribution in [-0.4, -0.2) is 75.5 Å². The molecule has 0 saturated carbocycles. The number of allylic oxidation sites excluding steroid dienone is 18. The molecule has 2 unspecified atom stereocenters. The molecule has 8 heteroatoms. The predicted octanol–water partition coefficient (Wildman–Crippen LogP) is 9.18. The molecule has 0 bridgehead atoms. The van der Waals surface area contributed by atoms with Gasteiger partial charge in [0.25, 0.3) is 0 Å². The van der Waals surface area contributed by atoms with Crippen molar-refractivity contribution in [3.63, 3.8) is 0 Å². The van der Waals surface area contributed by atoms with E-state index in [1.54, 1.807) is 21.1 Å². The first-order valence-corrected chi connectivity index (χ1v) is 19.9. The van der Waals surface area contributed by atoms with Gasteiger partial charge in [0.05, 0.1) is 40.3 Å². The Morgan fingerprint density at radius 3 is 1.41 bits per heavy atom. The molecule has 0 aliphatic carbocycles. The third-order valence-electron chi connectivity index (χ3n) is 7.92. The van der Waals surface area contributed by atoms with Gasteiger partial charge in [-0.25, -0.2) is 0 Å². The van der Waals surface area contributed by atoms with E-state index in [9.17, 15) is 19.5 Å². The quantitative estimate of drug-likeness (QED) is 0.0285. The summed E-state index contributed by atoms with van der Waals surface area (Å²) in [5.74, 6) is -1.93. The maximum absolute atomic E-state index is 12.5. The van der Waals surface area contributed by atoms with Gasteiger partial charge in [-0.15, -0.1) is 0 Å². The topological polar surface area (TPSA) is 102 Å². The monoisotopic (exact) mass is 750 g/mol. The number of aliphatic carboxylic acids is 1. The van der Waals surface area contributed by atoms with Crippen molar-refractivity contribution >= 4 is 17.9 Å². The van der Waals surface area contributed by atoms with Crippen LogP contribution in [0.5, 0.6) is 0 Å². The van der Waals surface area contributed by atoms with E-state index in [0.717, 1.165) is 64.2 Å². The summed E-state index contributed by atoms with van der Waals surface area (Å²) in [5.41, 5.74) is 0. The molecule has 0 radical (unpaired) electrons. The van der Waals surface area contributed by atoms with Crippen molar-refractivity contribution in [1.82, 2.24) is 0 Å². The molecule has 0 fully saturated rings. The second-order valence-corrected chi connectivity index (χ2v) is 13.7. The van der Waals surface area contributed by atoms with Crippen molar-refractivity contribution in [1.29, 1.82) is 0 Å². The van der Waals surface area contributed by atoms with Gasteiger partial charge in [0.1, 0.15) is 12.6 Å². The van der Waals surface area contributed by atoms with E-state index in [1.807, 2.05) is 12.2 Å². The van der Waals surface area contributed by atoms with Crippen LogP contribution in [0.3, 0.4) is 0 Å². The molecule has 0 spiro atoms. The fraction of sp³-hybridized carbons (Fsp3) is 0.543. The number of ether oxygens (including phenoxy) is 3. The minimum atomic E-state index is -1.15. The number of hydrogen-bond donors (Lipinski definition) is 0. The molecular formula is C46H71NO7. The van der Waals surface area contributed by atoms with E-state index in [2.05, 4.69) is 111 Å². The molecule has 302 valence electrons. The van der Waals surface area contributed by atoms with E-state index >= 15 is 0 Å². The maximum Gasteiger partial charge on any atom is 0.306 e. The summed E-state index contributed by atoms with van der Waals surface area (Å²) in [4.78, 5) is 36.5. The highest BCUT2D eigenvalue weighted by atomic mass is 16.6. The SMILES string of the molecule is CC/C=C/C/C=C/C/C=C/C/C=C/C/C=C/C/C=C/C/C=C/CCCC(=O)OCC(COCCC(C(=O)[O-])[N+](C)(C)C)OC(=O)CC/C=C/C/C=C/CC. The van der Waals surface area contributed by atoms with Gasteiger partial charge in [0.2, 0.25) is 0 Å². The first kappa shape index (κ1) is 50.0. The number of unbranched alkanes of at least 4 members (excludes halogenated alkanes) is 1. The zero-order valence-electron chi connectivity index (χ0n) is 34.1. The van der Waals surface area contributed by atoms with Gasteiger partial charge >= 0.3 is 11.9 Å². The van der Waals surface area contributed by atoms with E-state index in [1.165, 1.54) is 0 Å². The number of hydrogen-bond acceptors (Lipinski definition) is 7. The lowest BCUT2D eigenvalue weighted by Gasteiger charge is -2.34. The van der Waals surface area contributed by atoms with Gasteiger partial charge in [0.15, 0.2) is 6.10 Å². The van der Waals surface area contributed by atoms with Crippen molar-refractivity contribution in [2.24, 2.45) is 0 Å². The van der Waals surface area contributed by atoms with Crippen LogP contribution >= 0.6 is 0 Å². The Labute approximate surface area is 328 Å². The summed E-state index contributed by atoms with van der Waals surface area (Å²) in [6.45, 7) is 4.22. The first-order valence-electron chi connectivity index (χ1n) is 19.9. The van der Waals surface area contributed by atoms with Gasteiger partial charge in [0, 0.05) is 19.3 Å². The third kappa shape index (κ3) is 33.8. The number of carboxylic acid groups (broad SMARTS) is 1. The highest BCUT2D eigenvalue weighted by Crippen LogP contribution is 2.09. The maximum atomic E-state index is 12.5. The molecule has 0 rings (SSSR count). The number of esters is 2. The Kier molecular flexibility index (Phi) is 33.3. The number of quaternary nitrogens is 1. The minimum absolute atomic E-state index is 0.00901. The highest BCUT2D eigenvalue weighted by molar-refractivity contribution is 5.70.